The fourth-order valence-corrected chi connectivity index (χ4v) is 2.92. The number of nitrogens with one attached hydrogen (secondary N) is 1. The maximum atomic E-state index is 12.0. The number of sulfone groups is 1. The molecule has 1 rings (SSSR count). The lowest BCUT2D eigenvalue weighted by Crippen LogP contribution is -2.25. The van der Waals surface area contributed by atoms with E-state index in [4.69, 9.17) is 9.47 Å². The van der Waals surface area contributed by atoms with Crippen LogP contribution in [0.15, 0.2) is 29.2 Å². The normalized spacial score (nSPS) is 11.4. The van der Waals surface area contributed by atoms with E-state index in [1.807, 2.05) is 6.92 Å². The Morgan fingerprint density at radius 2 is 1.86 bits per heavy atom. The van der Waals surface area contributed by atoms with Crippen LogP contribution >= 0.6 is 0 Å². The van der Waals surface area contributed by atoms with E-state index in [0.29, 0.717) is 25.3 Å². The van der Waals surface area contributed by atoms with Gasteiger partial charge in [0, 0.05) is 32.4 Å². The number of hydrogen-bond donors (Lipinski definition) is 1. The summed E-state index contributed by atoms with van der Waals surface area (Å²) in [5, 5.41) is 2.76. The summed E-state index contributed by atoms with van der Waals surface area (Å²) in [7, 11) is -1.91. The van der Waals surface area contributed by atoms with Gasteiger partial charge >= 0.3 is 0 Å². The average Bonchev–Trinajstić information content (AvgIpc) is 2.52. The first-order valence-electron chi connectivity index (χ1n) is 7.19. The second-order valence-corrected chi connectivity index (χ2v) is 6.75. The standard InChI is InChI=1S/C15H23NO5S/c1-3-21-10-4-9-16-15(17)13-5-7-14(8-6-13)22(18,19)12-11-20-2/h5-8H,3-4,9-12H2,1-2H3,(H,16,17). The van der Waals surface area contributed by atoms with Crippen molar-refractivity contribution < 1.29 is 22.7 Å². The molecule has 7 heteroatoms. The third kappa shape index (κ3) is 6.13. The predicted molar refractivity (Wildman–Crippen MR) is 83.8 cm³/mol. The minimum Gasteiger partial charge on any atom is -0.384 e. The summed E-state index contributed by atoms with van der Waals surface area (Å²) < 4.78 is 33.9. The van der Waals surface area contributed by atoms with Crippen LogP contribution in [-0.2, 0) is 19.3 Å². The molecule has 22 heavy (non-hydrogen) atoms. The number of carbonyl (C=O) groups excluding carboxylic acids is 1. The fourth-order valence-electron chi connectivity index (χ4n) is 1.75. The molecule has 0 unspecified atom stereocenters. The summed E-state index contributed by atoms with van der Waals surface area (Å²) in [6, 6.07) is 5.91. The average molecular weight is 329 g/mol. The number of rotatable bonds is 10. The third-order valence-corrected chi connectivity index (χ3v) is 4.68. The lowest BCUT2D eigenvalue weighted by molar-refractivity contribution is 0.0944. The Morgan fingerprint density at radius 3 is 2.45 bits per heavy atom. The van der Waals surface area contributed by atoms with Crippen LogP contribution in [-0.4, -0.2) is 53.6 Å². The van der Waals surface area contributed by atoms with Crippen LogP contribution in [0.1, 0.15) is 23.7 Å². The number of methoxy groups -OCH3 is 1. The first-order chi connectivity index (χ1) is 10.5. The van der Waals surface area contributed by atoms with Crippen molar-refractivity contribution in [2.45, 2.75) is 18.2 Å². The summed E-state index contributed by atoms with van der Waals surface area (Å²) >= 11 is 0. The van der Waals surface area contributed by atoms with Crippen LogP contribution in [0.4, 0.5) is 0 Å². The molecule has 6 nitrogen and oxygen atoms in total. The number of benzene rings is 1. The van der Waals surface area contributed by atoms with Crippen LogP contribution in [0.3, 0.4) is 0 Å². The van der Waals surface area contributed by atoms with Crippen molar-refractivity contribution in [3.05, 3.63) is 29.8 Å². The highest BCUT2D eigenvalue weighted by Gasteiger charge is 2.14. The van der Waals surface area contributed by atoms with Crippen LogP contribution < -0.4 is 5.32 Å². The molecule has 1 N–H and O–H groups in total. The first kappa shape index (κ1) is 18.6. The number of carbonyl (C=O) groups is 1. The summed E-state index contributed by atoms with van der Waals surface area (Å²) in [5.41, 5.74) is 0.433. The number of amides is 1. The maximum Gasteiger partial charge on any atom is 0.251 e. The lowest BCUT2D eigenvalue weighted by atomic mass is 10.2. The Kier molecular flexibility index (Phi) is 8.08. The summed E-state index contributed by atoms with van der Waals surface area (Å²) in [6.07, 6.45) is 0.739. The molecule has 0 heterocycles. The monoisotopic (exact) mass is 329 g/mol. The molecule has 0 aliphatic heterocycles. The third-order valence-electron chi connectivity index (χ3n) is 2.99. The highest BCUT2D eigenvalue weighted by Crippen LogP contribution is 2.12. The molecule has 1 aromatic rings. The smallest absolute Gasteiger partial charge is 0.251 e. The van der Waals surface area contributed by atoms with Crippen molar-refractivity contribution in [3.8, 4) is 0 Å². The second-order valence-electron chi connectivity index (χ2n) is 4.64. The molecule has 0 aliphatic rings. The van der Waals surface area contributed by atoms with Crippen LogP contribution in [0, 0.1) is 0 Å². The first-order valence-corrected chi connectivity index (χ1v) is 8.84. The van der Waals surface area contributed by atoms with Gasteiger partial charge in [0.05, 0.1) is 17.3 Å². The predicted octanol–water partition coefficient (Wildman–Crippen LogP) is 1.26. The van der Waals surface area contributed by atoms with Crippen LogP contribution in [0.2, 0.25) is 0 Å². The van der Waals surface area contributed by atoms with Gasteiger partial charge in [-0.1, -0.05) is 0 Å². The van der Waals surface area contributed by atoms with Crippen molar-refractivity contribution in [3.63, 3.8) is 0 Å². The molecule has 0 radical (unpaired) electrons. The minimum atomic E-state index is -3.37. The molecule has 1 aromatic carbocycles. The molecule has 0 aromatic heterocycles. The van der Waals surface area contributed by atoms with Gasteiger partial charge in [-0.2, -0.15) is 0 Å². The molecule has 0 bridgehead atoms. The Bertz CT molecular complexity index is 554. The van der Waals surface area contributed by atoms with E-state index in [-0.39, 0.29) is 23.2 Å². The molecule has 0 saturated heterocycles. The molecule has 124 valence electrons. The zero-order valence-corrected chi connectivity index (χ0v) is 13.8. The topological polar surface area (TPSA) is 81.7 Å². The van der Waals surface area contributed by atoms with E-state index in [0.717, 1.165) is 6.42 Å². The highest BCUT2D eigenvalue weighted by molar-refractivity contribution is 7.91. The quantitative estimate of drug-likeness (QED) is 0.654. The molecule has 0 spiro atoms. The van der Waals surface area contributed by atoms with E-state index in [9.17, 15) is 13.2 Å². The second kappa shape index (κ2) is 9.55. The van der Waals surface area contributed by atoms with Crippen LogP contribution in [0.25, 0.3) is 0 Å². The van der Waals surface area contributed by atoms with E-state index >= 15 is 0 Å². The van der Waals surface area contributed by atoms with E-state index in [2.05, 4.69) is 5.32 Å². The molecule has 0 saturated carbocycles. The molecular weight excluding hydrogens is 306 g/mol. The maximum absolute atomic E-state index is 12.0. The Morgan fingerprint density at radius 1 is 1.18 bits per heavy atom. The summed E-state index contributed by atoms with van der Waals surface area (Å²) in [5.74, 6) is -0.302. The molecule has 1 amide bonds. The highest BCUT2D eigenvalue weighted by atomic mass is 32.2. The lowest BCUT2D eigenvalue weighted by Gasteiger charge is -2.07. The largest absolute Gasteiger partial charge is 0.384 e. The molecular formula is C15H23NO5S. The van der Waals surface area contributed by atoms with Crippen molar-refractivity contribution >= 4 is 15.7 Å². The zero-order chi connectivity index (χ0) is 16.4. The van der Waals surface area contributed by atoms with Gasteiger partial charge in [0.15, 0.2) is 9.84 Å². The van der Waals surface area contributed by atoms with Gasteiger partial charge < -0.3 is 14.8 Å². The summed E-state index contributed by atoms with van der Waals surface area (Å²) in [4.78, 5) is 12.1. The van der Waals surface area contributed by atoms with Gasteiger partial charge in [-0.05, 0) is 37.6 Å². The fraction of sp³-hybridized carbons (Fsp3) is 0.533. The van der Waals surface area contributed by atoms with Gasteiger partial charge in [0.25, 0.3) is 5.91 Å². The molecule has 0 aliphatic carbocycles. The van der Waals surface area contributed by atoms with Crippen molar-refractivity contribution in [1.29, 1.82) is 0 Å². The molecule has 0 fully saturated rings. The Balaban J connectivity index is 2.55. The Hall–Kier alpha value is -1.44. The zero-order valence-electron chi connectivity index (χ0n) is 13.0. The number of ether oxygens (including phenoxy) is 2. The van der Waals surface area contributed by atoms with Gasteiger partial charge in [-0.3, -0.25) is 4.79 Å². The van der Waals surface area contributed by atoms with Crippen LogP contribution in [0.5, 0.6) is 0 Å². The van der Waals surface area contributed by atoms with Gasteiger partial charge in [-0.25, -0.2) is 8.42 Å². The van der Waals surface area contributed by atoms with Crippen molar-refractivity contribution in [1.82, 2.24) is 5.32 Å². The van der Waals surface area contributed by atoms with Gasteiger partial charge in [-0.15, -0.1) is 0 Å². The van der Waals surface area contributed by atoms with E-state index in [1.165, 1.54) is 31.4 Å². The van der Waals surface area contributed by atoms with Gasteiger partial charge in [0.1, 0.15) is 0 Å². The Labute approximate surface area is 131 Å². The van der Waals surface area contributed by atoms with E-state index in [1.54, 1.807) is 0 Å². The van der Waals surface area contributed by atoms with Crippen molar-refractivity contribution in [2.24, 2.45) is 0 Å². The SMILES string of the molecule is CCOCCCNC(=O)c1ccc(S(=O)(=O)CCOC)cc1. The molecule has 0 atom stereocenters. The minimum absolute atomic E-state index is 0.0769. The van der Waals surface area contributed by atoms with Gasteiger partial charge in [0.2, 0.25) is 0 Å². The van der Waals surface area contributed by atoms with Crippen molar-refractivity contribution in [2.75, 3.05) is 39.2 Å². The van der Waals surface area contributed by atoms with E-state index < -0.39 is 9.84 Å². The summed E-state index contributed by atoms with van der Waals surface area (Å²) in [6.45, 7) is 3.85. The number of hydrogen-bond acceptors (Lipinski definition) is 5.